The number of amides is 1. The second-order valence-corrected chi connectivity index (χ2v) is 17.1. The lowest BCUT2D eigenvalue weighted by molar-refractivity contribution is -0.214. The number of rotatable bonds is 7. The molecule has 2 saturated carbocycles. The maximum absolute atomic E-state index is 12.9. The van der Waals surface area contributed by atoms with Crippen molar-refractivity contribution in [1.82, 2.24) is 24.9 Å². The van der Waals surface area contributed by atoms with Gasteiger partial charge in [0.2, 0.25) is 5.91 Å². The van der Waals surface area contributed by atoms with Crippen LogP contribution in [0, 0.1) is 17.2 Å². The summed E-state index contributed by atoms with van der Waals surface area (Å²) in [6.45, 7) is 7.89. The van der Waals surface area contributed by atoms with Crippen LogP contribution in [0.3, 0.4) is 0 Å². The number of carbonyl (C=O) groups excluding carboxylic acids is 1. The molecule has 1 amide bonds. The van der Waals surface area contributed by atoms with E-state index in [9.17, 15) is 10.1 Å². The molecule has 7 atom stereocenters. The van der Waals surface area contributed by atoms with E-state index in [1.807, 2.05) is 4.90 Å². The van der Waals surface area contributed by atoms with Gasteiger partial charge in [-0.3, -0.25) is 15.0 Å². The summed E-state index contributed by atoms with van der Waals surface area (Å²) in [7, 11) is 2.25. The molecule has 0 radical (unpaired) electrons. The van der Waals surface area contributed by atoms with Crippen molar-refractivity contribution in [2.75, 3.05) is 39.8 Å². The number of fused-ring (bicyclic) bond motifs is 2. The number of nitriles is 1. The maximum atomic E-state index is 12.9. The number of hydrogen-bond acceptors (Lipinski definition) is 8. The molecule has 1 aromatic rings. The van der Waals surface area contributed by atoms with Gasteiger partial charge in [-0.05, 0) is 82.2 Å². The lowest BCUT2D eigenvalue weighted by atomic mass is 9.71. The number of hydrogen-bond donors (Lipinski definition) is 1. The lowest BCUT2D eigenvalue weighted by Gasteiger charge is -2.61. The molecule has 1 N–H and O–H groups in total. The van der Waals surface area contributed by atoms with Gasteiger partial charge in [-0.2, -0.15) is 5.26 Å². The van der Waals surface area contributed by atoms with Gasteiger partial charge in [0.1, 0.15) is 0 Å². The summed E-state index contributed by atoms with van der Waals surface area (Å²) in [6.07, 6.45) is 18.0. The summed E-state index contributed by atoms with van der Waals surface area (Å²) in [5, 5.41) is 14.1. The molecule has 1 spiro atoms. The van der Waals surface area contributed by atoms with E-state index in [1.165, 1.54) is 87.8 Å². The third-order valence-corrected chi connectivity index (χ3v) is 14.4. The van der Waals surface area contributed by atoms with E-state index in [0.29, 0.717) is 37.0 Å². The maximum Gasteiger partial charge on any atom is 0.246 e. The van der Waals surface area contributed by atoms with Gasteiger partial charge in [0.25, 0.3) is 0 Å². The van der Waals surface area contributed by atoms with Crippen LogP contribution in [-0.4, -0.2) is 107 Å². The number of carbonyl (C=O) groups is 1. The molecule has 7 rings (SSSR count). The van der Waals surface area contributed by atoms with Crippen molar-refractivity contribution in [3.8, 4) is 6.07 Å². The molecule has 48 heavy (non-hydrogen) atoms. The summed E-state index contributed by atoms with van der Waals surface area (Å²) in [6, 6.07) is 12.7. The first-order valence-electron chi connectivity index (χ1n) is 19.1. The second kappa shape index (κ2) is 15.5. The predicted molar refractivity (Wildman–Crippen MR) is 193 cm³/mol. The van der Waals surface area contributed by atoms with Crippen LogP contribution in [0.15, 0.2) is 36.9 Å². The zero-order valence-corrected chi connectivity index (χ0v) is 30.1. The molecule has 5 fully saturated rings. The van der Waals surface area contributed by atoms with E-state index < -0.39 is 0 Å². The Labute approximate surface area is 293 Å². The minimum atomic E-state index is -0.132. The Morgan fingerprint density at radius 2 is 1.85 bits per heavy atom. The Kier molecular flexibility index (Phi) is 11.2. The molecule has 4 aliphatic heterocycles. The highest BCUT2D eigenvalue weighted by atomic mass is 32.2. The van der Waals surface area contributed by atoms with Crippen molar-refractivity contribution >= 4 is 17.7 Å². The van der Waals surface area contributed by atoms with Crippen molar-refractivity contribution in [2.24, 2.45) is 5.92 Å². The number of ether oxygens (including phenoxy) is 1. The van der Waals surface area contributed by atoms with Gasteiger partial charge in [0.15, 0.2) is 6.35 Å². The molecule has 3 saturated heterocycles. The minimum absolute atomic E-state index is 0.0499. The summed E-state index contributed by atoms with van der Waals surface area (Å²) < 4.78 is 7.39. The number of benzene rings is 1. The van der Waals surface area contributed by atoms with Gasteiger partial charge < -0.3 is 14.5 Å². The fourth-order valence-electron chi connectivity index (χ4n) is 10.2. The standard InChI is InChI=1S/C39H58N6O2S/c1-3-36(46)44-23-22-43(26-32(44)18-20-40)37-34-17-19-39(24-29-12-9-10-13-30(29)28-48-39)25-35(34)41-38(47-27-33-16-11-21-42(33)2)45(37)31-14-7-5-4-6-8-15-31/h3,9-10,12-13,31-35,37-38,41H,1,4-8,11,14-19,21-28H2,2H3/t32?,33?,34?,35?,37?,38?,39-/m0/s1. The highest BCUT2D eigenvalue weighted by Crippen LogP contribution is 2.52. The highest BCUT2D eigenvalue weighted by molar-refractivity contribution is 8.00. The Balaban J connectivity index is 1.22. The van der Waals surface area contributed by atoms with Crippen molar-refractivity contribution in [1.29, 1.82) is 5.26 Å². The van der Waals surface area contributed by atoms with E-state index >= 15 is 0 Å². The first kappa shape index (κ1) is 34.5. The minimum Gasteiger partial charge on any atom is -0.348 e. The van der Waals surface area contributed by atoms with Crippen LogP contribution in [0.4, 0.5) is 0 Å². The summed E-state index contributed by atoms with van der Waals surface area (Å²) in [5.41, 5.74) is 3.05. The molecule has 6 unspecified atom stereocenters. The highest BCUT2D eigenvalue weighted by Gasteiger charge is 2.54. The molecule has 2 aliphatic carbocycles. The van der Waals surface area contributed by atoms with Gasteiger partial charge in [-0.15, -0.1) is 11.8 Å². The monoisotopic (exact) mass is 674 g/mol. The number of nitrogens with zero attached hydrogens (tertiary/aromatic N) is 5. The van der Waals surface area contributed by atoms with Gasteiger partial charge in [0, 0.05) is 54.2 Å². The normalized spacial score (nSPS) is 35.7. The summed E-state index contributed by atoms with van der Waals surface area (Å²) in [4.78, 5) is 22.8. The van der Waals surface area contributed by atoms with Crippen LogP contribution in [0.1, 0.15) is 94.6 Å². The van der Waals surface area contributed by atoms with Crippen LogP contribution in [0.2, 0.25) is 0 Å². The summed E-state index contributed by atoms with van der Waals surface area (Å²) in [5.74, 6) is 1.53. The molecular weight excluding hydrogens is 617 g/mol. The van der Waals surface area contributed by atoms with Crippen molar-refractivity contribution in [3.63, 3.8) is 0 Å². The van der Waals surface area contributed by atoms with Crippen LogP contribution in [0.5, 0.6) is 0 Å². The van der Waals surface area contributed by atoms with E-state index in [1.54, 1.807) is 0 Å². The topological polar surface area (TPSA) is 75.1 Å². The zero-order valence-electron chi connectivity index (χ0n) is 29.2. The van der Waals surface area contributed by atoms with Crippen molar-refractivity contribution < 1.29 is 9.53 Å². The Hall–Kier alpha value is -1.93. The molecule has 0 bridgehead atoms. The SMILES string of the molecule is C=CC(=O)N1CCN(C2C3CC[C@]4(Cc5ccccc5CS4)CC3NC(OCC3CCCN3C)N2C2CCCCCCC2)CC1CC#N. The number of likely N-dealkylation sites (tertiary alicyclic amines) is 1. The molecule has 8 nitrogen and oxygen atoms in total. The van der Waals surface area contributed by atoms with E-state index in [0.717, 1.165) is 44.8 Å². The van der Waals surface area contributed by atoms with Crippen LogP contribution >= 0.6 is 11.8 Å². The molecule has 4 heterocycles. The molecule has 9 heteroatoms. The number of thioether (sulfide) groups is 1. The molecular formula is C39H58N6O2S. The molecule has 6 aliphatic rings. The molecule has 262 valence electrons. The van der Waals surface area contributed by atoms with Gasteiger partial charge in [-0.1, -0.05) is 62.9 Å². The van der Waals surface area contributed by atoms with E-state index in [2.05, 4.69) is 75.7 Å². The van der Waals surface area contributed by atoms with Crippen LogP contribution in [0.25, 0.3) is 0 Å². The average molecular weight is 675 g/mol. The predicted octanol–water partition coefficient (Wildman–Crippen LogP) is 5.73. The van der Waals surface area contributed by atoms with Gasteiger partial charge >= 0.3 is 0 Å². The van der Waals surface area contributed by atoms with Crippen molar-refractivity contribution in [3.05, 3.63) is 48.0 Å². The zero-order chi connectivity index (χ0) is 33.1. The smallest absolute Gasteiger partial charge is 0.246 e. The Bertz CT molecular complexity index is 1310. The number of nitrogens with one attached hydrogen (secondary N) is 1. The quantitative estimate of drug-likeness (QED) is 0.368. The fraction of sp³-hybridized carbons (Fsp3) is 0.744. The third-order valence-electron chi connectivity index (χ3n) is 12.8. The Morgan fingerprint density at radius 1 is 1.06 bits per heavy atom. The largest absolute Gasteiger partial charge is 0.348 e. The van der Waals surface area contributed by atoms with E-state index in [-0.39, 0.29) is 29.2 Å². The van der Waals surface area contributed by atoms with Gasteiger partial charge in [0.05, 0.1) is 31.3 Å². The van der Waals surface area contributed by atoms with Crippen molar-refractivity contribution in [2.45, 2.75) is 137 Å². The number of likely N-dealkylation sites (N-methyl/N-ethyl adjacent to an activating group) is 1. The Morgan fingerprint density at radius 3 is 2.60 bits per heavy atom. The summed E-state index contributed by atoms with van der Waals surface area (Å²) >= 11 is 2.20. The second-order valence-electron chi connectivity index (χ2n) is 15.7. The lowest BCUT2D eigenvalue weighted by Crippen LogP contribution is -2.75. The number of piperazine rings is 1. The molecule has 0 aromatic heterocycles. The fourth-order valence-corrected chi connectivity index (χ4v) is 11.7. The van der Waals surface area contributed by atoms with Crippen LogP contribution < -0.4 is 5.32 Å². The first-order valence-corrected chi connectivity index (χ1v) is 20.1. The van der Waals surface area contributed by atoms with E-state index in [4.69, 9.17) is 4.74 Å². The van der Waals surface area contributed by atoms with Gasteiger partial charge in [-0.25, -0.2) is 4.90 Å². The first-order chi connectivity index (χ1) is 23.5. The molecule has 1 aromatic carbocycles. The average Bonchev–Trinajstić information content (AvgIpc) is 3.50. The third kappa shape index (κ3) is 7.27. The van der Waals surface area contributed by atoms with Crippen LogP contribution in [-0.2, 0) is 21.7 Å².